The first-order chi connectivity index (χ1) is 8.49. The Morgan fingerprint density at radius 1 is 1.44 bits per heavy atom. The van der Waals surface area contributed by atoms with E-state index in [4.69, 9.17) is 11.6 Å². The summed E-state index contributed by atoms with van der Waals surface area (Å²) in [6.45, 7) is 3.82. The Morgan fingerprint density at radius 3 is 2.50 bits per heavy atom. The van der Waals surface area contributed by atoms with Crippen LogP contribution >= 0.6 is 11.6 Å². The molecule has 2 atom stereocenters. The highest BCUT2D eigenvalue weighted by Crippen LogP contribution is 2.30. The van der Waals surface area contributed by atoms with Crippen LogP contribution in [-0.4, -0.2) is 33.9 Å². The first-order valence-corrected chi connectivity index (χ1v) is 6.28. The summed E-state index contributed by atoms with van der Waals surface area (Å²) in [7, 11) is 0. The lowest BCUT2D eigenvalue weighted by molar-refractivity contribution is 0.0568. The first kappa shape index (κ1) is 14.8. The zero-order valence-electron chi connectivity index (χ0n) is 10.5. The van der Waals surface area contributed by atoms with Crippen LogP contribution in [0.15, 0.2) is 24.3 Å². The number of carboxylic acid groups (broad SMARTS) is 1. The molecule has 1 rings (SSSR count). The Kier molecular flexibility index (Phi) is 5.44. The number of hydrogen-bond acceptors (Lipinski definition) is 2. The molecule has 0 heterocycles. The van der Waals surface area contributed by atoms with Crippen LogP contribution in [-0.2, 0) is 0 Å². The number of aliphatic hydroxyl groups is 1. The largest absolute Gasteiger partial charge is 0.465 e. The lowest BCUT2D eigenvalue weighted by Crippen LogP contribution is -2.39. The van der Waals surface area contributed by atoms with Crippen molar-refractivity contribution in [1.82, 2.24) is 4.90 Å². The molecule has 0 radical (unpaired) electrons. The van der Waals surface area contributed by atoms with Crippen molar-refractivity contribution in [3.05, 3.63) is 34.9 Å². The summed E-state index contributed by atoms with van der Waals surface area (Å²) in [5.41, 5.74) is 0.630. The fourth-order valence-electron chi connectivity index (χ4n) is 2.00. The maximum absolute atomic E-state index is 11.3. The lowest BCUT2D eigenvalue weighted by Gasteiger charge is -2.32. The van der Waals surface area contributed by atoms with E-state index >= 15 is 0 Å². The maximum Gasteiger partial charge on any atom is 0.407 e. The number of halogens is 1. The van der Waals surface area contributed by atoms with Gasteiger partial charge in [-0.3, -0.25) is 4.90 Å². The van der Waals surface area contributed by atoms with Gasteiger partial charge in [0.15, 0.2) is 0 Å². The summed E-state index contributed by atoms with van der Waals surface area (Å²) < 4.78 is 0. The highest BCUT2D eigenvalue weighted by molar-refractivity contribution is 6.31. The van der Waals surface area contributed by atoms with Crippen molar-refractivity contribution in [3.63, 3.8) is 0 Å². The smallest absolute Gasteiger partial charge is 0.407 e. The summed E-state index contributed by atoms with van der Waals surface area (Å²) in [5.74, 6) is 0. The summed E-state index contributed by atoms with van der Waals surface area (Å²) in [4.78, 5) is 12.5. The van der Waals surface area contributed by atoms with E-state index in [-0.39, 0.29) is 0 Å². The molecule has 4 nitrogen and oxygen atoms in total. The number of aliphatic hydroxyl groups excluding tert-OH is 1. The molecule has 1 amide bonds. The van der Waals surface area contributed by atoms with E-state index in [0.29, 0.717) is 23.6 Å². The second kappa shape index (κ2) is 6.61. The van der Waals surface area contributed by atoms with E-state index in [1.165, 1.54) is 4.90 Å². The van der Waals surface area contributed by atoms with Gasteiger partial charge in [0.2, 0.25) is 0 Å². The van der Waals surface area contributed by atoms with Crippen molar-refractivity contribution in [1.29, 1.82) is 0 Å². The van der Waals surface area contributed by atoms with Gasteiger partial charge in [-0.15, -0.1) is 0 Å². The topological polar surface area (TPSA) is 60.8 Å². The van der Waals surface area contributed by atoms with Gasteiger partial charge in [-0.1, -0.05) is 36.7 Å². The average Bonchev–Trinajstić information content (AvgIpc) is 2.30. The van der Waals surface area contributed by atoms with Gasteiger partial charge in [-0.25, -0.2) is 4.79 Å². The monoisotopic (exact) mass is 271 g/mol. The standard InChI is InChI=1S/C13H18ClNO3/c1-3-8-15(13(17)18)12(9(2)16)10-6-4-5-7-11(10)14/h4-7,9,12,16H,3,8H2,1-2H3,(H,17,18)/t9-,12+/m0/s1. The molecule has 0 aliphatic carbocycles. The van der Waals surface area contributed by atoms with Gasteiger partial charge in [-0.05, 0) is 25.0 Å². The molecule has 0 bridgehead atoms. The van der Waals surface area contributed by atoms with Crippen molar-refractivity contribution >= 4 is 17.7 Å². The van der Waals surface area contributed by atoms with Crippen LogP contribution in [0.3, 0.4) is 0 Å². The third kappa shape index (κ3) is 3.37. The Bertz CT molecular complexity index is 409. The van der Waals surface area contributed by atoms with Crippen LogP contribution < -0.4 is 0 Å². The van der Waals surface area contributed by atoms with Gasteiger partial charge < -0.3 is 10.2 Å². The van der Waals surface area contributed by atoms with E-state index in [2.05, 4.69) is 0 Å². The Hall–Kier alpha value is -1.26. The SMILES string of the molecule is CCCN(C(=O)O)[C@@H](c1ccccc1Cl)[C@H](C)O. The van der Waals surface area contributed by atoms with Crippen LogP contribution in [0.2, 0.25) is 5.02 Å². The predicted octanol–water partition coefficient (Wildman–Crippen LogP) is 3.15. The normalized spacial score (nSPS) is 14.0. The van der Waals surface area contributed by atoms with Gasteiger partial charge in [0.1, 0.15) is 0 Å². The van der Waals surface area contributed by atoms with Crippen molar-refractivity contribution in [2.24, 2.45) is 0 Å². The second-order valence-corrected chi connectivity index (χ2v) is 4.59. The minimum atomic E-state index is -1.05. The van der Waals surface area contributed by atoms with Gasteiger partial charge in [-0.2, -0.15) is 0 Å². The van der Waals surface area contributed by atoms with E-state index in [1.807, 2.05) is 6.92 Å². The second-order valence-electron chi connectivity index (χ2n) is 4.18. The maximum atomic E-state index is 11.3. The van der Waals surface area contributed by atoms with Gasteiger partial charge >= 0.3 is 6.09 Å². The Morgan fingerprint density at radius 2 is 2.06 bits per heavy atom. The molecule has 1 aromatic carbocycles. The van der Waals surface area contributed by atoms with Gasteiger partial charge in [0.05, 0.1) is 12.1 Å². The van der Waals surface area contributed by atoms with Crippen molar-refractivity contribution < 1.29 is 15.0 Å². The number of amides is 1. The number of benzene rings is 1. The molecular weight excluding hydrogens is 254 g/mol. The van der Waals surface area contributed by atoms with E-state index in [0.717, 1.165) is 0 Å². The highest BCUT2D eigenvalue weighted by Gasteiger charge is 2.29. The van der Waals surface area contributed by atoms with Crippen LogP contribution in [0.1, 0.15) is 31.9 Å². The fraction of sp³-hybridized carbons (Fsp3) is 0.462. The summed E-state index contributed by atoms with van der Waals surface area (Å²) in [6, 6.07) is 6.35. The van der Waals surface area contributed by atoms with Crippen molar-refractivity contribution in [2.45, 2.75) is 32.4 Å². The molecule has 100 valence electrons. The fourth-order valence-corrected chi connectivity index (χ4v) is 2.25. The molecule has 0 aliphatic heterocycles. The van der Waals surface area contributed by atoms with Gasteiger partial charge in [0, 0.05) is 11.6 Å². The molecular formula is C13H18ClNO3. The quantitative estimate of drug-likeness (QED) is 0.865. The number of hydrogen-bond donors (Lipinski definition) is 2. The molecule has 0 saturated carbocycles. The third-order valence-electron chi connectivity index (χ3n) is 2.73. The van der Waals surface area contributed by atoms with E-state index in [1.54, 1.807) is 31.2 Å². The Labute approximate surface area is 112 Å². The molecule has 0 spiro atoms. The summed E-state index contributed by atoms with van der Waals surface area (Å²) in [5, 5.41) is 19.6. The highest BCUT2D eigenvalue weighted by atomic mass is 35.5. The van der Waals surface area contributed by atoms with Crippen LogP contribution in [0.5, 0.6) is 0 Å². The van der Waals surface area contributed by atoms with Gasteiger partial charge in [0.25, 0.3) is 0 Å². The molecule has 0 fully saturated rings. The van der Waals surface area contributed by atoms with Crippen LogP contribution in [0, 0.1) is 0 Å². The summed E-state index contributed by atoms with van der Waals surface area (Å²) >= 11 is 6.08. The lowest BCUT2D eigenvalue weighted by atomic mass is 10.0. The average molecular weight is 272 g/mol. The molecule has 5 heteroatoms. The summed E-state index contributed by atoms with van der Waals surface area (Å²) in [6.07, 6.45) is -1.20. The molecule has 18 heavy (non-hydrogen) atoms. The minimum Gasteiger partial charge on any atom is -0.465 e. The van der Waals surface area contributed by atoms with Crippen LogP contribution in [0.4, 0.5) is 4.79 Å². The molecule has 0 aromatic heterocycles. The molecule has 0 aliphatic rings. The third-order valence-corrected chi connectivity index (χ3v) is 3.07. The van der Waals surface area contributed by atoms with E-state index in [9.17, 15) is 15.0 Å². The predicted molar refractivity (Wildman–Crippen MR) is 70.9 cm³/mol. The number of nitrogens with zero attached hydrogens (tertiary/aromatic N) is 1. The van der Waals surface area contributed by atoms with E-state index < -0.39 is 18.2 Å². The number of rotatable bonds is 5. The minimum absolute atomic E-state index is 0.357. The zero-order chi connectivity index (χ0) is 13.7. The Balaban J connectivity index is 3.16. The molecule has 0 unspecified atom stereocenters. The number of carbonyl (C=O) groups is 1. The molecule has 0 saturated heterocycles. The first-order valence-electron chi connectivity index (χ1n) is 5.91. The molecule has 1 aromatic rings. The van der Waals surface area contributed by atoms with Crippen molar-refractivity contribution in [3.8, 4) is 0 Å². The van der Waals surface area contributed by atoms with Crippen molar-refractivity contribution in [2.75, 3.05) is 6.54 Å². The molecule has 2 N–H and O–H groups in total. The zero-order valence-corrected chi connectivity index (χ0v) is 11.3. The van der Waals surface area contributed by atoms with Crippen LogP contribution in [0.25, 0.3) is 0 Å².